The molecule has 28 heavy (non-hydrogen) atoms. The molecule has 1 aromatic heterocycles. The van der Waals surface area contributed by atoms with Gasteiger partial charge in [0.15, 0.2) is 12.4 Å². The zero-order chi connectivity index (χ0) is 19.8. The van der Waals surface area contributed by atoms with Crippen LogP contribution in [0.25, 0.3) is 0 Å². The molecule has 3 aromatic rings. The molecule has 3 rings (SSSR count). The Balaban J connectivity index is 1.50. The maximum Gasteiger partial charge on any atom is 0.265 e. The van der Waals surface area contributed by atoms with E-state index in [1.165, 1.54) is 6.20 Å². The predicted molar refractivity (Wildman–Crippen MR) is 110 cm³/mol. The number of pyridine rings is 1. The number of ether oxygens (including phenoxy) is 1. The molecular weight excluding hydrogens is 424 g/mol. The summed E-state index contributed by atoms with van der Waals surface area (Å²) < 4.78 is 6.53. The predicted octanol–water partition coefficient (Wildman–Crippen LogP) is 3.91. The monoisotopic (exact) mass is 440 g/mol. The fourth-order valence-corrected chi connectivity index (χ4v) is 2.41. The van der Waals surface area contributed by atoms with E-state index in [4.69, 9.17) is 15.3 Å². The Bertz CT molecular complexity index is 945. The van der Waals surface area contributed by atoms with Gasteiger partial charge in [0.25, 0.3) is 5.91 Å². The average Bonchev–Trinajstić information content (AvgIpc) is 2.71. The number of oxime groups is 1. The number of hydrogen-bond donors (Lipinski definition) is 2. The zero-order valence-electron chi connectivity index (χ0n) is 14.7. The van der Waals surface area contributed by atoms with Gasteiger partial charge in [-0.15, -0.1) is 0 Å². The number of rotatable bonds is 7. The van der Waals surface area contributed by atoms with Gasteiger partial charge in [0.2, 0.25) is 5.88 Å². The highest BCUT2D eigenvalue weighted by molar-refractivity contribution is 9.10. The summed E-state index contributed by atoms with van der Waals surface area (Å²) in [6.07, 6.45) is 1.52. The van der Waals surface area contributed by atoms with Crippen LogP contribution in [-0.4, -0.2) is 23.3 Å². The molecule has 0 radical (unpaired) electrons. The summed E-state index contributed by atoms with van der Waals surface area (Å²) in [5.74, 6) is 0.876. The van der Waals surface area contributed by atoms with Crippen LogP contribution in [0.3, 0.4) is 0 Å². The highest BCUT2D eigenvalue weighted by atomic mass is 79.9. The van der Waals surface area contributed by atoms with Gasteiger partial charge in [0.05, 0.1) is 0 Å². The van der Waals surface area contributed by atoms with Crippen molar-refractivity contribution in [3.8, 4) is 11.6 Å². The summed E-state index contributed by atoms with van der Waals surface area (Å²) in [6, 6.07) is 19.9. The summed E-state index contributed by atoms with van der Waals surface area (Å²) >= 11 is 3.33. The molecule has 8 heteroatoms. The van der Waals surface area contributed by atoms with Gasteiger partial charge in [-0.05, 0) is 42.5 Å². The molecule has 0 atom stereocenters. The molecule has 2 aromatic carbocycles. The lowest BCUT2D eigenvalue weighted by atomic mass is 10.3. The van der Waals surface area contributed by atoms with E-state index in [-0.39, 0.29) is 18.3 Å². The molecular formula is C20H17BrN4O3. The first-order chi connectivity index (χ1) is 13.6. The van der Waals surface area contributed by atoms with Gasteiger partial charge in [0.1, 0.15) is 5.75 Å². The van der Waals surface area contributed by atoms with Crippen LogP contribution in [0, 0.1) is 0 Å². The van der Waals surface area contributed by atoms with Crippen molar-refractivity contribution in [2.75, 3.05) is 11.9 Å². The van der Waals surface area contributed by atoms with Gasteiger partial charge in [-0.25, -0.2) is 4.98 Å². The van der Waals surface area contributed by atoms with Gasteiger partial charge < -0.3 is 20.6 Å². The van der Waals surface area contributed by atoms with Gasteiger partial charge >= 0.3 is 0 Å². The number of aromatic nitrogens is 1. The Morgan fingerprint density at radius 3 is 2.50 bits per heavy atom. The average molecular weight is 441 g/mol. The second-order valence-corrected chi connectivity index (χ2v) is 6.52. The molecule has 1 amide bonds. The Kier molecular flexibility index (Phi) is 6.59. The van der Waals surface area contributed by atoms with Crippen LogP contribution >= 0.6 is 15.9 Å². The third kappa shape index (κ3) is 5.82. The van der Waals surface area contributed by atoms with Crippen molar-refractivity contribution in [1.82, 2.24) is 4.98 Å². The zero-order valence-corrected chi connectivity index (χ0v) is 16.3. The minimum atomic E-state index is -0.344. The Labute approximate surface area is 170 Å². The maximum atomic E-state index is 11.8. The number of nitrogens with two attached hydrogens (primary N) is 1. The number of para-hydroxylation sites is 1. The summed E-state index contributed by atoms with van der Waals surface area (Å²) in [4.78, 5) is 21.0. The van der Waals surface area contributed by atoms with Crippen molar-refractivity contribution >= 4 is 33.4 Å². The van der Waals surface area contributed by atoms with Gasteiger partial charge in [-0.2, -0.15) is 0 Å². The van der Waals surface area contributed by atoms with E-state index in [0.29, 0.717) is 22.9 Å². The largest absolute Gasteiger partial charge is 0.439 e. The quantitative estimate of drug-likeness (QED) is 0.329. The van der Waals surface area contributed by atoms with Crippen molar-refractivity contribution in [2.24, 2.45) is 10.9 Å². The first kappa shape index (κ1) is 19.4. The van der Waals surface area contributed by atoms with Crippen LogP contribution < -0.4 is 15.8 Å². The number of nitrogens with one attached hydrogen (secondary N) is 1. The van der Waals surface area contributed by atoms with E-state index in [0.717, 1.165) is 4.47 Å². The minimum Gasteiger partial charge on any atom is -0.439 e. The van der Waals surface area contributed by atoms with Crippen molar-refractivity contribution < 1.29 is 14.4 Å². The van der Waals surface area contributed by atoms with E-state index >= 15 is 0 Å². The van der Waals surface area contributed by atoms with E-state index in [2.05, 4.69) is 31.4 Å². The fraction of sp³-hybridized carbons (Fsp3) is 0.0500. The summed E-state index contributed by atoms with van der Waals surface area (Å²) in [6.45, 7) is -0.264. The highest BCUT2D eigenvalue weighted by Crippen LogP contribution is 2.18. The minimum absolute atomic E-state index is 0.107. The molecule has 0 aliphatic carbocycles. The van der Waals surface area contributed by atoms with Crippen LogP contribution in [0.5, 0.6) is 11.6 Å². The van der Waals surface area contributed by atoms with Crippen molar-refractivity contribution in [3.05, 3.63) is 83.0 Å². The third-order valence-electron chi connectivity index (χ3n) is 3.48. The van der Waals surface area contributed by atoms with E-state index in [9.17, 15) is 4.79 Å². The van der Waals surface area contributed by atoms with Crippen LogP contribution in [0.15, 0.2) is 82.6 Å². The fourth-order valence-electron chi connectivity index (χ4n) is 2.14. The lowest BCUT2D eigenvalue weighted by Gasteiger charge is -2.06. The van der Waals surface area contributed by atoms with Gasteiger partial charge in [-0.1, -0.05) is 39.3 Å². The van der Waals surface area contributed by atoms with Crippen molar-refractivity contribution in [3.63, 3.8) is 0 Å². The lowest BCUT2D eigenvalue weighted by Crippen LogP contribution is -2.19. The number of halogens is 1. The molecule has 0 saturated carbocycles. The van der Waals surface area contributed by atoms with Crippen molar-refractivity contribution in [2.45, 2.75) is 0 Å². The van der Waals surface area contributed by atoms with E-state index in [1.54, 1.807) is 24.3 Å². The Hall–Kier alpha value is -3.39. The number of amidine groups is 1. The molecule has 1 heterocycles. The molecule has 0 saturated heterocycles. The second-order valence-electron chi connectivity index (χ2n) is 5.61. The highest BCUT2D eigenvalue weighted by Gasteiger charge is 2.05. The molecule has 0 unspecified atom stereocenters. The van der Waals surface area contributed by atoms with E-state index < -0.39 is 0 Å². The molecule has 0 fully saturated rings. The molecule has 7 nitrogen and oxygen atoms in total. The Morgan fingerprint density at radius 1 is 1.07 bits per heavy atom. The molecule has 0 aliphatic rings. The van der Waals surface area contributed by atoms with Crippen LogP contribution in [0.1, 0.15) is 5.56 Å². The lowest BCUT2D eigenvalue weighted by molar-refractivity contribution is -0.120. The first-order valence-electron chi connectivity index (χ1n) is 8.30. The molecule has 0 spiro atoms. The SMILES string of the molecule is N/C(=N/OCC(=O)Nc1ccc(Br)cc1)c1ccc(Oc2ccccc2)nc1. The summed E-state index contributed by atoms with van der Waals surface area (Å²) in [5.41, 5.74) is 7.07. The number of carbonyl (C=O) groups is 1. The first-order valence-corrected chi connectivity index (χ1v) is 9.09. The molecule has 0 aliphatic heterocycles. The number of benzene rings is 2. The number of anilines is 1. The molecule has 142 valence electrons. The number of amides is 1. The normalized spacial score (nSPS) is 11.0. The van der Waals surface area contributed by atoms with Gasteiger partial charge in [-0.3, -0.25) is 4.79 Å². The number of carbonyl (C=O) groups excluding carboxylic acids is 1. The van der Waals surface area contributed by atoms with Crippen LogP contribution in [-0.2, 0) is 9.63 Å². The van der Waals surface area contributed by atoms with Crippen molar-refractivity contribution in [1.29, 1.82) is 0 Å². The maximum absolute atomic E-state index is 11.8. The van der Waals surface area contributed by atoms with Gasteiger partial charge in [0, 0.05) is 28.0 Å². The number of hydrogen-bond acceptors (Lipinski definition) is 5. The standard InChI is InChI=1S/C20H17BrN4O3/c21-15-7-9-16(10-8-15)24-18(26)13-27-25-20(22)14-6-11-19(23-12-14)28-17-4-2-1-3-5-17/h1-12H,13H2,(H2,22,25)(H,24,26). The van der Waals surface area contributed by atoms with Crippen LogP contribution in [0.2, 0.25) is 0 Å². The molecule has 3 N–H and O–H groups in total. The van der Waals surface area contributed by atoms with Crippen LogP contribution in [0.4, 0.5) is 5.69 Å². The summed E-state index contributed by atoms with van der Waals surface area (Å²) in [7, 11) is 0. The smallest absolute Gasteiger partial charge is 0.265 e. The molecule has 0 bridgehead atoms. The third-order valence-corrected chi connectivity index (χ3v) is 4.01. The number of nitrogens with zero attached hydrogens (tertiary/aromatic N) is 2. The summed E-state index contributed by atoms with van der Waals surface area (Å²) in [5, 5.41) is 6.44. The van der Waals surface area contributed by atoms with E-state index in [1.807, 2.05) is 42.5 Å². The second kappa shape index (κ2) is 9.52. The topological polar surface area (TPSA) is 98.8 Å². The Morgan fingerprint density at radius 2 is 1.82 bits per heavy atom.